The maximum Gasteiger partial charge on any atom is 0.343 e. The molecule has 9 nitrogen and oxygen atoms in total. The lowest BCUT2D eigenvalue weighted by Crippen LogP contribution is -2.11. The molecule has 3 aromatic rings. The van der Waals surface area contributed by atoms with Crippen molar-refractivity contribution < 1.29 is 42.9 Å². The first-order chi connectivity index (χ1) is 21.8. The molecule has 0 spiro atoms. The molecule has 0 saturated heterocycles. The summed E-state index contributed by atoms with van der Waals surface area (Å²) in [5, 5.41) is 0. The number of rotatable bonds is 19. The second-order valence-electron chi connectivity index (χ2n) is 10.0. The van der Waals surface area contributed by atoms with Crippen LogP contribution >= 0.6 is 0 Å². The van der Waals surface area contributed by atoms with Gasteiger partial charge in [0.25, 0.3) is 0 Å². The molecule has 0 bridgehead atoms. The molecule has 0 atom stereocenters. The monoisotopic (exact) mass is 614 g/mol. The number of aryl methyl sites for hydroxylation is 1. The lowest BCUT2D eigenvalue weighted by Gasteiger charge is -2.11. The standard InChI is InChI=1S/C36H38O9/c1-4-29(37)11-7-6-8-22-41-30-15-12-27(13-16-30)35(39)45-33-21-14-28(25-26(33)3)36(40)44-32-19-17-31(18-20-32)42-23-9-10-24-43-34(38)5-2/h4-5,12-21,25H,1-2,6-11,22-24H2,3H3. The fourth-order valence-corrected chi connectivity index (χ4v) is 4.00. The van der Waals surface area contributed by atoms with E-state index < -0.39 is 17.9 Å². The fourth-order valence-electron chi connectivity index (χ4n) is 4.00. The molecule has 0 aliphatic carbocycles. The Morgan fingerprint density at radius 2 is 1.18 bits per heavy atom. The largest absolute Gasteiger partial charge is 0.494 e. The van der Waals surface area contributed by atoms with Gasteiger partial charge >= 0.3 is 17.9 Å². The zero-order valence-electron chi connectivity index (χ0n) is 25.5. The number of carbonyl (C=O) groups excluding carboxylic acids is 4. The first kappa shape index (κ1) is 34.3. The number of esters is 3. The lowest BCUT2D eigenvalue weighted by atomic mass is 10.1. The summed E-state index contributed by atoms with van der Waals surface area (Å²) in [7, 11) is 0. The third-order valence-electron chi connectivity index (χ3n) is 6.52. The van der Waals surface area contributed by atoms with Crippen LogP contribution in [0, 0.1) is 6.92 Å². The van der Waals surface area contributed by atoms with Crippen LogP contribution in [0.3, 0.4) is 0 Å². The van der Waals surface area contributed by atoms with Crippen LogP contribution in [0.1, 0.15) is 64.8 Å². The van der Waals surface area contributed by atoms with Gasteiger partial charge in [0.2, 0.25) is 0 Å². The molecule has 0 radical (unpaired) electrons. The molecule has 0 aromatic heterocycles. The number of unbranched alkanes of at least 4 members (excludes halogenated alkanes) is 3. The molecule has 0 aliphatic rings. The summed E-state index contributed by atoms with van der Waals surface area (Å²) in [4.78, 5) is 47.7. The summed E-state index contributed by atoms with van der Waals surface area (Å²) in [6.45, 7) is 9.81. The van der Waals surface area contributed by atoms with E-state index in [9.17, 15) is 19.2 Å². The number of hydrogen-bond acceptors (Lipinski definition) is 9. The molecule has 3 aromatic carbocycles. The number of ether oxygens (including phenoxy) is 5. The fraction of sp³-hybridized carbons (Fsp3) is 0.278. The first-order valence-electron chi connectivity index (χ1n) is 14.7. The predicted molar refractivity (Wildman–Crippen MR) is 169 cm³/mol. The Morgan fingerprint density at radius 1 is 0.622 bits per heavy atom. The number of benzene rings is 3. The third-order valence-corrected chi connectivity index (χ3v) is 6.52. The van der Waals surface area contributed by atoms with Crippen molar-refractivity contribution in [2.45, 2.75) is 45.4 Å². The molecule has 0 fully saturated rings. The maximum absolute atomic E-state index is 12.7. The van der Waals surface area contributed by atoms with Crippen LogP contribution in [0.4, 0.5) is 0 Å². The summed E-state index contributed by atoms with van der Waals surface area (Å²) in [6.07, 6.45) is 6.83. The van der Waals surface area contributed by atoms with E-state index in [2.05, 4.69) is 13.2 Å². The highest BCUT2D eigenvalue weighted by molar-refractivity contribution is 5.93. The van der Waals surface area contributed by atoms with Gasteiger partial charge in [0.15, 0.2) is 5.78 Å². The van der Waals surface area contributed by atoms with Crippen molar-refractivity contribution >= 4 is 23.7 Å². The molecule has 0 N–H and O–H groups in total. The normalized spacial score (nSPS) is 10.3. The average molecular weight is 615 g/mol. The molecule has 0 amide bonds. The van der Waals surface area contributed by atoms with Gasteiger partial charge in [-0.25, -0.2) is 14.4 Å². The van der Waals surface area contributed by atoms with E-state index >= 15 is 0 Å². The van der Waals surface area contributed by atoms with E-state index in [4.69, 9.17) is 23.7 Å². The van der Waals surface area contributed by atoms with Gasteiger partial charge in [0.05, 0.1) is 30.9 Å². The minimum atomic E-state index is -0.556. The maximum atomic E-state index is 12.7. The Balaban J connectivity index is 1.42. The van der Waals surface area contributed by atoms with E-state index in [0.717, 1.165) is 25.3 Å². The molecule has 9 heteroatoms. The quantitative estimate of drug-likeness (QED) is 0.0608. The highest BCUT2D eigenvalue weighted by Gasteiger charge is 2.15. The number of carbonyl (C=O) groups is 4. The molecule has 3 rings (SSSR count). The van der Waals surface area contributed by atoms with Crippen molar-refractivity contribution in [3.8, 4) is 23.0 Å². The van der Waals surface area contributed by atoms with Gasteiger partial charge in [0.1, 0.15) is 23.0 Å². The molecule has 236 valence electrons. The highest BCUT2D eigenvalue weighted by Crippen LogP contribution is 2.24. The summed E-state index contributed by atoms with van der Waals surface area (Å²) < 4.78 is 27.3. The first-order valence-corrected chi connectivity index (χ1v) is 14.7. The number of allylic oxidation sites excluding steroid dienone is 1. The molecular weight excluding hydrogens is 576 g/mol. The van der Waals surface area contributed by atoms with Gasteiger partial charge in [-0.05, 0) is 117 Å². The zero-order chi connectivity index (χ0) is 32.4. The summed E-state index contributed by atoms with van der Waals surface area (Å²) >= 11 is 0. The second-order valence-corrected chi connectivity index (χ2v) is 10.0. The summed E-state index contributed by atoms with van der Waals surface area (Å²) in [5.74, 6) is 0.441. The topological polar surface area (TPSA) is 114 Å². The second kappa shape index (κ2) is 18.5. The van der Waals surface area contributed by atoms with Crippen molar-refractivity contribution in [1.82, 2.24) is 0 Å². The van der Waals surface area contributed by atoms with Gasteiger partial charge in [-0.2, -0.15) is 0 Å². The van der Waals surface area contributed by atoms with E-state index in [1.807, 2.05) is 0 Å². The molecule has 0 unspecified atom stereocenters. The Bertz CT molecular complexity index is 1460. The van der Waals surface area contributed by atoms with Gasteiger partial charge in [-0.1, -0.05) is 13.2 Å². The van der Waals surface area contributed by atoms with E-state index in [1.54, 1.807) is 67.6 Å². The minimum Gasteiger partial charge on any atom is -0.494 e. The number of hydrogen-bond donors (Lipinski definition) is 0. The zero-order valence-corrected chi connectivity index (χ0v) is 25.5. The van der Waals surface area contributed by atoms with Crippen LogP contribution in [0.2, 0.25) is 0 Å². The predicted octanol–water partition coefficient (Wildman–Crippen LogP) is 7.02. The van der Waals surface area contributed by atoms with Crippen LogP contribution in [0.5, 0.6) is 23.0 Å². The van der Waals surface area contributed by atoms with Crippen LogP contribution in [0.15, 0.2) is 92.0 Å². The van der Waals surface area contributed by atoms with Crippen LogP contribution in [-0.4, -0.2) is 43.5 Å². The molecule has 0 heterocycles. The van der Waals surface area contributed by atoms with Crippen LogP contribution < -0.4 is 18.9 Å². The van der Waals surface area contributed by atoms with Crippen molar-refractivity contribution in [2.75, 3.05) is 19.8 Å². The molecule has 0 saturated carbocycles. The van der Waals surface area contributed by atoms with Crippen LogP contribution in [-0.2, 0) is 14.3 Å². The lowest BCUT2D eigenvalue weighted by molar-refractivity contribution is -0.137. The van der Waals surface area contributed by atoms with Crippen LogP contribution in [0.25, 0.3) is 0 Å². The average Bonchev–Trinajstić information content (AvgIpc) is 3.05. The van der Waals surface area contributed by atoms with E-state index in [0.29, 0.717) is 78.8 Å². The Labute approximate surface area is 263 Å². The van der Waals surface area contributed by atoms with Gasteiger partial charge in [-0.3, -0.25) is 4.79 Å². The Kier molecular flexibility index (Phi) is 14.1. The SMILES string of the molecule is C=CC(=O)CCCCCOc1ccc(C(=O)Oc2ccc(C(=O)Oc3ccc(OCCCCOC(=O)C=C)cc3)cc2C)cc1. The van der Waals surface area contributed by atoms with Crippen molar-refractivity contribution in [1.29, 1.82) is 0 Å². The minimum absolute atomic E-state index is 0.0493. The molecule has 45 heavy (non-hydrogen) atoms. The Morgan fingerprint density at radius 3 is 1.80 bits per heavy atom. The third kappa shape index (κ3) is 12.1. The summed E-state index contributed by atoms with van der Waals surface area (Å²) in [5.41, 5.74) is 1.25. The molecular formula is C36H38O9. The van der Waals surface area contributed by atoms with Gasteiger partial charge in [-0.15, -0.1) is 0 Å². The van der Waals surface area contributed by atoms with E-state index in [1.165, 1.54) is 12.1 Å². The highest BCUT2D eigenvalue weighted by atomic mass is 16.5. The van der Waals surface area contributed by atoms with E-state index in [-0.39, 0.29) is 5.78 Å². The van der Waals surface area contributed by atoms with Crippen molar-refractivity contribution in [3.05, 3.63) is 109 Å². The van der Waals surface area contributed by atoms with Gasteiger partial charge < -0.3 is 23.7 Å². The van der Waals surface area contributed by atoms with Crippen molar-refractivity contribution in [3.63, 3.8) is 0 Å². The van der Waals surface area contributed by atoms with Gasteiger partial charge in [0, 0.05) is 12.5 Å². The molecule has 0 aliphatic heterocycles. The van der Waals surface area contributed by atoms with Crippen molar-refractivity contribution in [2.24, 2.45) is 0 Å². The smallest absolute Gasteiger partial charge is 0.343 e. The summed E-state index contributed by atoms with van der Waals surface area (Å²) in [6, 6.07) is 18.0. The number of ketones is 1. The Hall–Kier alpha value is -5.18.